The Hall–Kier alpha value is -2.80. The first kappa shape index (κ1) is 17.6. The van der Waals surface area contributed by atoms with Crippen LogP contribution in [0.2, 0.25) is 0 Å². The molecule has 0 bridgehead atoms. The van der Waals surface area contributed by atoms with E-state index in [0.29, 0.717) is 29.0 Å². The smallest absolute Gasteiger partial charge is 0.256 e. The topological polar surface area (TPSA) is 62.5 Å². The molecule has 0 spiro atoms. The van der Waals surface area contributed by atoms with E-state index in [1.54, 1.807) is 30.5 Å². The third kappa shape index (κ3) is 3.68. The van der Waals surface area contributed by atoms with Crippen molar-refractivity contribution in [2.24, 2.45) is 0 Å². The number of fused-ring (bicyclic) bond motifs is 1. The van der Waals surface area contributed by atoms with Gasteiger partial charge >= 0.3 is 0 Å². The molecule has 4 rings (SSSR count). The number of rotatable bonds is 5. The van der Waals surface area contributed by atoms with Crippen molar-refractivity contribution in [3.63, 3.8) is 0 Å². The first-order valence-electron chi connectivity index (χ1n) is 9.32. The summed E-state index contributed by atoms with van der Waals surface area (Å²) in [6, 6.07) is 8.18. The maximum atomic E-state index is 14.2. The van der Waals surface area contributed by atoms with Crippen molar-refractivity contribution < 1.29 is 9.18 Å². The number of nitrogens with one attached hydrogen (secondary N) is 1. The van der Waals surface area contributed by atoms with Crippen LogP contribution in [-0.2, 0) is 0 Å². The van der Waals surface area contributed by atoms with E-state index in [1.807, 2.05) is 0 Å². The van der Waals surface area contributed by atoms with Crippen LogP contribution in [0.5, 0.6) is 0 Å². The fraction of sp³-hybridized carbons (Fsp3) is 0.350. The van der Waals surface area contributed by atoms with Crippen LogP contribution in [0.3, 0.4) is 0 Å². The molecule has 1 aliphatic heterocycles. The SMILES string of the molecule is O=C(NCCN1CCCCC1)c1cnn2c(-c3ccccc3F)ccnc12. The molecule has 0 aliphatic carbocycles. The molecule has 7 heteroatoms. The summed E-state index contributed by atoms with van der Waals surface area (Å²) in [6.45, 7) is 3.63. The van der Waals surface area contributed by atoms with Gasteiger partial charge in [0.2, 0.25) is 0 Å². The van der Waals surface area contributed by atoms with Gasteiger partial charge in [-0.05, 0) is 44.1 Å². The van der Waals surface area contributed by atoms with Crippen LogP contribution >= 0.6 is 0 Å². The molecule has 0 saturated carbocycles. The van der Waals surface area contributed by atoms with Crippen molar-refractivity contribution in [3.05, 3.63) is 54.1 Å². The number of amides is 1. The number of hydrogen-bond donors (Lipinski definition) is 1. The van der Waals surface area contributed by atoms with Crippen LogP contribution in [0.15, 0.2) is 42.7 Å². The average molecular weight is 367 g/mol. The molecule has 1 aromatic carbocycles. The van der Waals surface area contributed by atoms with E-state index in [-0.39, 0.29) is 11.7 Å². The number of aromatic nitrogens is 3. The predicted octanol–water partition coefficient (Wildman–Crippen LogP) is 2.75. The second-order valence-electron chi connectivity index (χ2n) is 6.76. The van der Waals surface area contributed by atoms with E-state index in [2.05, 4.69) is 20.3 Å². The summed E-state index contributed by atoms with van der Waals surface area (Å²) in [7, 11) is 0. The van der Waals surface area contributed by atoms with Crippen molar-refractivity contribution in [1.29, 1.82) is 0 Å². The number of piperidine rings is 1. The summed E-state index contributed by atoms with van der Waals surface area (Å²) >= 11 is 0. The molecular weight excluding hydrogens is 345 g/mol. The molecule has 2 aromatic heterocycles. The van der Waals surface area contributed by atoms with Crippen molar-refractivity contribution in [2.45, 2.75) is 19.3 Å². The number of likely N-dealkylation sites (tertiary alicyclic amines) is 1. The summed E-state index contributed by atoms with van der Waals surface area (Å²) in [5.74, 6) is -0.548. The molecule has 0 atom stereocenters. The highest BCUT2D eigenvalue weighted by Crippen LogP contribution is 2.23. The first-order chi connectivity index (χ1) is 13.2. The largest absolute Gasteiger partial charge is 0.351 e. The number of nitrogens with zero attached hydrogens (tertiary/aromatic N) is 4. The van der Waals surface area contributed by atoms with Crippen molar-refractivity contribution in [3.8, 4) is 11.3 Å². The molecule has 140 valence electrons. The fourth-order valence-corrected chi connectivity index (χ4v) is 3.53. The third-order valence-corrected chi connectivity index (χ3v) is 4.96. The van der Waals surface area contributed by atoms with E-state index in [1.165, 1.54) is 36.0 Å². The average Bonchev–Trinajstić information content (AvgIpc) is 3.14. The zero-order valence-corrected chi connectivity index (χ0v) is 15.1. The zero-order valence-electron chi connectivity index (χ0n) is 15.1. The highest BCUT2D eigenvalue weighted by molar-refractivity contribution is 5.99. The normalized spacial score (nSPS) is 15.1. The second-order valence-corrected chi connectivity index (χ2v) is 6.76. The molecule has 6 nitrogen and oxygen atoms in total. The Bertz CT molecular complexity index is 948. The minimum Gasteiger partial charge on any atom is -0.351 e. The van der Waals surface area contributed by atoms with Crippen LogP contribution in [-0.4, -0.2) is 51.6 Å². The van der Waals surface area contributed by atoms with Crippen LogP contribution < -0.4 is 5.32 Å². The standard InChI is InChI=1S/C20H22FN5O/c21-17-7-3-2-6-15(17)18-8-9-22-19-16(14-24-26(18)19)20(27)23-10-13-25-11-4-1-5-12-25/h2-3,6-9,14H,1,4-5,10-13H2,(H,23,27). The maximum absolute atomic E-state index is 14.2. The summed E-state index contributed by atoms with van der Waals surface area (Å²) in [6.07, 6.45) is 6.81. The number of halogens is 1. The Labute approximate surface area is 157 Å². The molecule has 1 fully saturated rings. The van der Waals surface area contributed by atoms with E-state index in [0.717, 1.165) is 19.6 Å². The first-order valence-corrected chi connectivity index (χ1v) is 9.32. The Morgan fingerprint density at radius 3 is 2.78 bits per heavy atom. The van der Waals surface area contributed by atoms with Crippen molar-refractivity contribution in [1.82, 2.24) is 24.8 Å². The van der Waals surface area contributed by atoms with Crippen LogP contribution in [0.4, 0.5) is 4.39 Å². The minimum atomic E-state index is -0.340. The Morgan fingerprint density at radius 1 is 1.15 bits per heavy atom. The van der Waals surface area contributed by atoms with Gasteiger partial charge in [0.15, 0.2) is 5.65 Å². The second kappa shape index (κ2) is 7.84. The molecule has 1 saturated heterocycles. The highest BCUT2D eigenvalue weighted by Gasteiger charge is 2.17. The Morgan fingerprint density at radius 2 is 1.96 bits per heavy atom. The molecule has 3 heterocycles. The predicted molar refractivity (Wildman–Crippen MR) is 101 cm³/mol. The number of hydrogen-bond acceptors (Lipinski definition) is 4. The monoisotopic (exact) mass is 367 g/mol. The van der Waals surface area contributed by atoms with E-state index >= 15 is 0 Å². The Balaban J connectivity index is 1.52. The van der Waals surface area contributed by atoms with Crippen molar-refractivity contribution in [2.75, 3.05) is 26.2 Å². The van der Waals surface area contributed by atoms with Gasteiger partial charge in [0, 0.05) is 24.8 Å². The zero-order chi connectivity index (χ0) is 18.6. The molecule has 0 radical (unpaired) electrons. The lowest BCUT2D eigenvalue weighted by atomic mass is 10.1. The van der Waals surface area contributed by atoms with Gasteiger partial charge in [-0.3, -0.25) is 4.79 Å². The van der Waals surface area contributed by atoms with Crippen molar-refractivity contribution >= 4 is 11.6 Å². The van der Waals surface area contributed by atoms with Crippen LogP contribution in [0.1, 0.15) is 29.6 Å². The molecule has 1 N–H and O–H groups in total. The van der Waals surface area contributed by atoms with Gasteiger partial charge in [-0.2, -0.15) is 5.10 Å². The number of carbonyl (C=O) groups is 1. The van der Waals surface area contributed by atoms with Gasteiger partial charge in [0.05, 0.1) is 11.9 Å². The number of benzene rings is 1. The van der Waals surface area contributed by atoms with Crippen LogP contribution in [0, 0.1) is 5.82 Å². The quantitative estimate of drug-likeness (QED) is 0.753. The molecule has 27 heavy (non-hydrogen) atoms. The molecule has 3 aromatic rings. The molecule has 0 unspecified atom stereocenters. The lowest BCUT2D eigenvalue weighted by Gasteiger charge is -2.26. The lowest BCUT2D eigenvalue weighted by molar-refractivity contribution is 0.0948. The van der Waals surface area contributed by atoms with Gasteiger partial charge in [0.1, 0.15) is 11.4 Å². The summed E-state index contributed by atoms with van der Waals surface area (Å²) in [4.78, 5) is 19.2. The minimum absolute atomic E-state index is 0.208. The summed E-state index contributed by atoms with van der Waals surface area (Å²) < 4.78 is 15.7. The van der Waals surface area contributed by atoms with Gasteiger partial charge in [0.25, 0.3) is 5.91 Å². The molecule has 1 amide bonds. The van der Waals surface area contributed by atoms with Gasteiger partial charge in [-0.15, -0.1) is 0 Å². The van der Waals surface area contributed by atoms with E-state index in [9.17, 15) is 9.18 Å². The molecular formula is C20H22FN5O. The highest BCUT2D eigenvalue weighted by atomic mass is 19.1. The lowest BCUT2D eigenvalue weighted by Crippen LogP contribution is -2.37. The summed E-state index contributed by atoms with van der Waals surface area (Å²) in [5, 5.41) is 7.22. The van der Waals surface area contributed by atoms with Crippen LogP contribution in [0.25, 0.3) is 16.9 Å². The van der Waals surface area contributed by atoms with Gasteiger partial charge in [-0.25, -0.2) is 13.9 Å². The number of carbonyl (C=O) groups excluding carboxylic acids is 1. The Kier molecular flexibility index (Phi) is 5.11. The van der Waals surface area contributed by atoms with Gasteiger partial charge in [-0.1, -0.05) is 18.6 Å². The van der Waals surface area contributed by atoms with E-state index in [4.69, 9.17) is 0 Å². The molecule has 1 aliphatic rings. The van der Waals surface area contributed by atoms with Gasteiger partial charge < -0.3 is 10.2 Å². The third-order valence-electron chi connectivity index (χ3n) is 4.96. The maximum Gasteiger partial charge on any atom is 0.256 e. The summed E-state index contributed by atoms with van der Waals surface area (Å²) in [5.41, 5.74) is 1.80. The fourth-order valence-electron chi connectivity index (χ4n) is 3.53. The van der Waals surface area contributed by atoms with E-state index < -0.39 is 0 Å².